The Kier molecular flexibility index (Phi) is 4.47. The van der Waals surface area contributed by atoms with Crippen LogP contribution in [0.1, 0.15) is 13.3 Å². The number of hydrogen-bond donors (Lipinski definition) is 1. The highest BCUT2D eigenvalue weighted by molar-refractivity contribution is 7.89. The Hall–Kier alpha value is -1.38. The van der Waals surface area contributed by atoms with Gasteiger partial charge in [-0.1, -0.05) is 6.07 Å². The van der Waals surface area contributed by atoms with E-state index in [2.05, 4.69) is 16.6 Å². The molecule has 0 atom stereocenters. The van der Waals surface area contributed by atoms with Crippen LogP contribution in [0.5, 0.6) is 0 Å². The van der Waals surface area contributed by atoms with Crippen molar-refractivity contribution in [2.24, 2.45) is 0 Å². The summed E-state index contributed by atoms with van der Waals surface area (Å²) in [4.78, 5) is -0.0723. The van der Waals surface area contributed by atoms with Crippen LogP contribution in [0.4, 0.5) is 4.39 Å². The highest BCUT2D eigenvalue weighted by Gasteiger charge is 2.13. The molecule has 3 nitrogen and oxygen atoms in total. The molecule has 16 heavy (non-hydrogen) atoms. The molecule has 1 N–H and O–H groups in total. The summed E-state index contributed by atoms with van der Waals surface area (Å²) in [6.07, 6.45) is 0.436. The second-order valence-electron chi connectivity index (χ2n) is 3.03. The summed E-state index contributed by atoms with van der Waals surface area (Å²) >= 11 is 0. The molecule has 0 heterocycles. The zero-order valence-corrected chi connectivity index (χ0v) is 9.64. The van der Waals surface area contributed by atoms with E-state index in [9.17, 15) is 12.8 Å². The van der Waals surface area contributed by atoms with Crippen molar-refractivity contribution in [2.45, 2.75) is 18.2 Å². The quantitative estimate of drug-likeness (QED) is 0.641. The predicted molar refractivity (Wildman–Crippen MR) is 59.7 cm³/mol. The van der Waals surface area contributed by atoms with E-state index in [0.29, 0.717) is 6.42 Å². The Morgan fingerprint density at radius 3 is 2.81 bits per heavy atom. The highest BCUT2D eigenvalue weighted by atomic mass is 32.2. The van der Waals surface area contributed by atoms with Gasteiger partial charge in [-0.05, 0) is 25.1 Å². The van der Waals surface area contributed by atoms with Gasteiger partial charge in [0.1, 0.15) is 5.82 Å². The van der Waals surface area contributed by atoms with Crippen molar-refractivity contribution in [2.75, 3.05) is 6.54 Å². The molecule has 0 radical (unpaired) electrons. The molecule has 0 bridgehead atoms. The number of sulfonamides is 1. The molecule has 1 aromatic carbocycles. The van der Waals surface area contributed by atoms with Gasteiger partial charge in [-0.25, -0.2) is 17.5 Å². The molecule has 0 amide bonds. The highest BCUT2D eigenvalue weighted by Crippen LogP contribution is 2.09. The fourth-order valence-corrected chi connectivity index (χ4v) is 2.15. The number of nitrogens with one attached hydrogen (secondary N) is 1. The summed E-state index contributed by atoms with van der Waals surface area (Å²) in [5, 5.41) is 0. The van der Waals surface area contributed by atoms with Gasteiger partial charge in [0.2, 0.25) is 10.0 Å². The first-order valence-electron chi connectivity index (χ1n) is 4.71. The lowest BCUT2D eigenvalue weighted by molar-refractivity contribution is 0.578. The van der Waals surface area contributed by atoms with Crippen LogP contribution >= 0.6 is 0 Å². The van der Waals surface area contributed by atoms with Crippen LogP contribution in [0.3, 0.4) is 0 Å². The van der Waals surface area contributed by atoms with Crippen molar-refractivity contribution in [3.8, 4) is 11.8 Å². The van der Waals surface area contributed by atoms with Gasteiger partial charge in [0.15, 0.2) is 0 Å². The van der Waals surface area contributed by atoms with Crippen molar-refractivity contribution in [3.05, 3.63) is 30.1 Å². The Bertz CT molecular complexity index is 514. The lowest BCUT2D eigenvalue weighted by Crippen LogP contribution is -2.24. The zero-order chi connectivity index (χ0) is 12.0. The summed E-state index contributed by atoms with van der Waals surface area (Å²) in [5.74, 6) is 4.82. The summed E-state index contributed by atoms with van der Waals surface area (Å²) in [6.45, 7) is 1.90. The molecule has 0 aromatic heterocycles. The molecule has 0 saturated carbocycles. The van der Waals surface area contributed by atoms with Crippen LogP contribution in [0, 0.1) is 17.7 Å². The van der Waals surface area contributed by atoms with E-state index in [1.165, 1.54) is 18.2 Å². The van der Waals surface area contributed by atoms with Gasteiger partial charge < -0.3 is 0 Å². The fraction of sp³-hybridized carbons (Fsp3) is 0.273. The molecule has 0 aliphatic carbocycles. The third-order valence-corrected chi connectivity index (χ3v) is 3.28. The zero-order valence-electron chi connectivity index (χ0n) is 8.83. The van der Waals surface area contributed by atoms with Gasteiger partial charge in [0.25, 0.3) is 0 Å². The summed E-state index contributed by atoms with van der Waals surface area (Å²) in [5.41, 5.74) is 0. The van der Waals surface area contributed by atoms with Crippen LogP contribution < -0.4 is 4.72 Å². The average molecular weight is 241 g/mol. The minimum atomic E-state index is -3.62. The van der Waals surface area contributed by atoms with Crippen molar-refractivity contribution >= 4 is 10.0 Å². The second kappa shape index (κ2) is 5.64. The predicted octanol–water partition coefficient (Wildman–Crippen LogP) is 1.52. The van der Waals surface area contributed by atoms with Crippen molar-refractivity contribution in [3.63, 3.8) is 0 Å². The smallest absolute Gasteiger partial charge is 0.210 e. The standard InChI is InChI=1S/C11H12FNO2S/c1-2-3-4-8-13-16(14,15)11-7-5-6-10(12)9-11/h5-7,9,13H,4,8H2,1H3. The Labute approximate surface area is 94.7 Å². The molecule has 0 aliphatic rings. The molecule has 0 fully saturated rings. The van der Waals surface area contributed by atoms with Crippen LogP contribution in [-0.4, -0.2) is 15.0 Å². The molecule has 0 unspecified atom stereocenters. The second-order valence-corrected chi connectivity index (χ2v) is 4.80. The lowest BCUT2D eigenvalue weighted by Gasteiger charge is -2.04. The topological polar surface area (TPSA) is 46.2 Å². The molecule has 0 aliphatic heterocycles. The molecule has 0 spiro atoms. The fourth-order valence-electron chi connectivity index (χ4n) is 1.09. The Balaban J connectivity index is 2.73. The van der Waals surface area contributed by atoms with Gasteiger partial charge in [-0.3, -0.25) is 0 Å². The third-order valence-electron chi connectivity index (χ3n) is 1.83. The normalized spacial score (nSPS) is 10.6. The monoisotopic (exact) mass is 241 g/mol. The van der Waals surface area contributed by atoms with Crippen molar-refractivity contribution in [1.29, 1.82) is 0 Å². The maximum atomic E-state index is 12.8. The minimum Gasteiger partial charge on any atom is -0.210 e. The van der Waals surface area contributed by atoms with Gasteiger partial charge >= 0.3 is 0 Å². The lowest BCUT2D eigenvalue weighted by atomic mass is 10.4. The summed E-state index contributed by atoms with van der Waals surface area (Å²) in [6, 6.07) is 4.88. The van der Waals surface area contributed by atoms with Gasteiger partial charge in [0, 0.05) is 13.0 Å². The first-order valence-corrected chi connectivity index (χ1v) is 6.19. The minimum absolute atomic E-state index is 0.0723. The van der Waals surface area contributed by atoms with E-state index in [1.807, 2.05) is 0 Å². The van der Waals surface area contributed by atoms with Gasteiger partial charge in [-0.2, -0.15) is 0 Å². The van der Waals surface area contributed by atoms with Gasteiger partial charge in [-0.15, -0.1) is 11.8 Å². The van der Waals surface area contributed by atoms with E-state index in [4.69, 9.17) is 0 Å². The van der Waals surface area contributed by atoms with Crippen LogP contribution in [0.15, 0.2) is 29.2 Å². The maximum Gasteiger partial charge on any atom is 0.240 e. The van der Waals surface area contributed by atoms with E-state index in [1.54, 1.807) is 6.92 Å². The average Bonchev–Trinajstić information content (AvgIpc) is 2.24. The first kappa shape index (κ1) is 12.7. The molecule has 1 aromatic rings. The molecular weight excluding hydrogens is 229 g/mol. The van der Waals surface area contributed by atoms with E-state index >= 15 is 0 Å². The van der Waals surface area contributed by atoms with E-state index in [0.717, 1.165) is 6.07 Å². The van der Waals surface area contributed by atoms with Crippen molar-refractivity contribution < 1.29 is 12.8 Å². The molecule has 5 heteroatoms. The largest absolute Gasteiger partial charge is 0.240 e. The SMILES string of the molecule is CC#CCCNS(=O)(=O)c1cccc(F)c1. The molecule has 0 saturated heterocycles. The molecule has 1 rings (SSSR count). The van der Waals surface area contributed by atoms with E-state index in [-0.39, 0.29) is 11.4 Å². The number of rotatable bonds is 4. The third kappa shape index (κ3) is 3.65. The maximum absolute atomic E-state index is 12.8. The van der Waals surface area contributed by atoms with E-state index < -0.39 is 15.8 Å². The molecular formula is C11H12FNO2S. The Morgan fingerprint density at radius 1 is 1.44 bits per heavy atom. The van der Waals surface area contributed by atoms with Gasteiger partial charge in [0.05, 0.1) is 4.90 Å². The Morgan fingerprint density at radius 2 is 2.19 bits per heavy atom. The van der Waals surface area contributed by atoms with Crippen LogP contribution in [0.2, 0.25) is 0 Å². The first-order chi connectivity index (χ1) is 7.56. The number of halogens is 1. The van der Waals surface area contributed by atoms with Crippen LogP contribution in [-0.2, 0) is 10.0 Å². The summed E-state index contributed by atoms with van der Waals surface area (Å²) < 4.78 is 38.4. The number of benzene rings is 1. The summed E-state index contributed by atoms with van der Waals surface area (Å²) in [7, 11) is -3.62. The van der Waals surface area contributed by atoms with Crippen molar-refractivity contribution in [1.82, 2.24) is 4.72 Å². The van der Waals surface area contributed by atoms with Crippen LogP contribution in [0.25, 0.3) is 0 Å². The molecule has 86 valence electrons. The number of hydrogen-bond acceptors (Lipinski definition) is 2.